The summed E-state index contributed by atoms with van der Waals surface area (Å²) in [5, 5.41) is 22.7. The molecule has 2 fully saturated rings. The molecule has 2 aromatic carbocycles. The number of nitrogens with zero attached hydrogens (tertiary/aromatic N) is 3. The molecule has 2 amide bonds. The van der Waals surface area contributed by atoms with Crippen LogP contribution in [0, 0.1) is 17.6 Å². The molecule has 3 heterocycles. The Morgan fingerprint density at radius 2 is 1.78 bits per heavy atom. The Kier molecular flexibility index (Phi) is 11.9. The van der Waals surface area contributed by atoms with Gasteiger partial charge in [0.05, 0.1) is 37.5 Å². The molecule has 5 rings (SSSR count). The van der Waals surface area contributed by atoms with Gasteiger partial charge in [0.25, 0.3) is 5.91 Å². The first kappa shape index (κ1) is 40.5. The summed E-state index contributed by atoms with van der Waals surface area (Å²) in [4.78, 5) is 44.8. The summed E-state index contributed by atoms with van der Waals surface area (Å²) in [6.07, 6.45) is -9.39. The fraction of sp³-hybridized carbons (Fsp3) is 0.429. The first-order valence-corrected chi connectivity index (χ1v) is 16.5. The number of amides is 2. The molecule has 292 valence electrons. The van der Waals surface area contributed by atoms with Gasteiger partial charge in [-0.15, -0.1) is 0 Å². The van der Waals surface area contributed by atoms with Gasteiger partial charge >= 0.3 is 12.4 Å². The third kappa shape index (κ3) is 8.48. The van der Waals surface area contributed by atoms with E-state index in [-0.39, 0.29) is 56.0 Å². The van der Waals surface area contributed by atoms with Crippen LogP contribution in [0.4, 0.5) is 40.8 Å². The zero-order valence-electron chi connectivity index (χ0n) is 28.4. The second-order valence-corrected chi connectivity index (χ2v) is 12.8. The van der Waals surface area contributed by atoms with Crippen LogP contribution < -0.4 is 10.1 Å². The van der Waals surface area contributed by atoms with E-state index in [0.29, 0.717) is 30.8 Å². The molecule has 1 unspecified atom stereocenters. The average Bonchev–Trinajstić information content (AvgIpc) is 3.52. The monoisotopic (exact) mass is 774 g/mol. The van der Waals surface area contributed by atoms with Crippen molar-refractivity contribution >= 4 is 23.3 Å². The SMILES string of the molecule is C[C@]12CCCN1N(Cc1ccc(OCCCOC[C@H](O)CO)c(F)c1F)C(=O)C(C(=O)Nc1ccc(C(F)(F)F)cc1-c1ccc(C(F)(F)F)nc1)C2=O. The van der Waals surface area contributed by atoms with Gasteiger partial charge in [0.2, 0.25) is 11.7 Å². The largest absolute Gasteiger partial charge is 0.490 e. The molecule has 19 heteroatoms. The number of hydrogen-bond donors (Lipinski definition) is 3. The lowest BCUT2D eigenvalue weighted by Crippen LogP contribution is -2.68. The second kappa shape index (κ2) is 15.9. The lowest BCUT2D eigenvalue weighted by molar-refractivity contribution is -0.184. The Labute approximate surface area is 302 Å². The van der Waals surface area contributed by atoms with Gasteiger partial charge < -0.3 is 25.0 Å². The van der Waals surface area contributed by atoms with Crippen molar-refractivity contribution in [3.05, 3.63) is 77.1 Å². The van der Waals surface area contributed by atoms with Crippen molar-refractivity contribution in [2.75, 3.05) is 38.3 Å². The van der Waals surface area contributed by atoms with Gasteiger partial charge in [0, 0.05) is 48.1 Å². The molecule has 11 nitrogen and oxygen atoms in total. The zero-order chi connectivity index (χ0) is 39.6. The summed E-state index contributed by atoms with van der Waals surface area (Å²) in [5.41, 5.74) is -5.38. The second-order valence-electron chi connectivity index (χ2n) is 12.8. The minimum absolute atomic E-state index is 0.0881. The number of nitrogens with one attached hydrogen (secondary N) is 1. The highest BCUT2D eigenvalue weighted by Crippen LogP contribution is 2.41. The summed E-state index contributed by atoms with van der Waals surface area (Å²) in [5.74, 6) is -8.56. The maximum Gasteiger partial charge on any atom is 0.433 e. The molecule has 2 saturated heterocycles. The van der Waals surface area contributed by atoms with Gasteiger partial charge in [-0.3, -0.25) is 24.4 Å². The fourth-order valence-electron chi connectivity index (χ4n) is 6.25. The van der Waals surface area contributed by atoms with Crippen LogP contribution in [0.1, 0.15) is 43.0 Å². The number of aliphatic hydroxyl groups is 2. The molecule has 3 aromatic rings. The van der Waals surface area contributed by atoms with E-state index >= 15 is 8.78 Å². The number of hydrogen-bond acceptors (Lipinski definition) is 9. The van der Waals surface area contributed by atoms with E-state index in [1.807, 2.05) is 0 Å². The summed E-state index contributed by atoms with van der Waals surface area (Å²) < 4.78 is 121. The highest BCUT2D eigenvalue weighted by Gasteiger charge is 2.58. The molecule has 3 atom stereocenters. The van der Waals surface area contributed by atoms with Gasteiger partial charge in [0.1, 0.15) is 11.8 Å². The number of aliphatic hydroxyl groups excluding tert-OH is 2. The van der Waals surface area contributed by atoms with Crippen molar-refractivity contribution in [1.29, 1.82) is 0 Å². The normalized spacial score (nSPS) is 19.9. The number of halogens is 8. The molecule has 0 spiro atoms. The zero-order valence-corrected chi connectivity index (χ0v) is 28.4. The maximum atomic E-state index is 15.4. The molecule has 0 saturated carbocycles. The summed E-state index contributed by atoms with van der Waals surface area (Å²) in [6, 6.07) is 5.65. The van der Waals surface area contributed by atoms with Gasteiger partial charge in [0.15, 0.2) is 23.3 Å². The van der Waals surface area contributed by atoms with E-state index in [9.17, 15) is 45.8 Å². The first-order chi connectivity index (χ1) is 25.4. The van der Waals surface area contributed by atoms with E-state index in [4.69, 9.17) is 14.6 Å². The van der Waals surface area contributed by atoms with Crippen LogP contribution in [0.25, 0.3) is 11.1 Å². The Hall–Kier alpha value is -4.72. The molecule has 0 radical (unpaired) electrons. The quantitative estimate of drug-likeness (QED) is 0.122. The number of benzene rings is 2. The molecule has 0 aliphatic carbocycles. The van der Waals surface area contributed by atoms with Crippen LogP contribution in [0.2, 0.25) is 0 Å². The van der Waals surface area contributed by atoms with E-state index in [2.05, 4.69) is 10.3 Å². The van der Waals surface area contributed by atoms with Crippen LogP contribution in [-0.4, -0.2) is 87.4 Å². The number of fused-ring (bicyclic) bond motifs is 1. The Morgan fingerprint density at radius 3 is 2.43 bits per heavy atom. The van der Waals surface area contributed by atoms with Crippen molar-refractivity contribution in [2.45, 2.75) is 56.7 Å². The number of anilines is 1. The maximum absolute atomic E-state index is 15.4. The number of hydrazine groups is 1. The van der Waals surface area contributed by atoms with E-state index in [0.717, 1.165) is 29.3 Å². The number of rotatable bonds is 13. The fourth-order valence-corrected chi connectivity index (χ4v) is 6.25. The Bertz CT molecular complexity index is 1880. The van der Waals surface area contributed by atoms with Crippen molar-refractivity contribution in [3.63, 3.8) is 0 Å². The summed E-state index contributed by atoms with van der Waals surface area (Å²) in [7, 11) is 0. The van der Waals surface area contributed by atoms with Crippen LogP contribution in [0.15, 0.2) is 48.7 Å². The van der Waals surface area contributed by atoms with Crippen molar-refractivity contribution < 1.29 is 69.2 Å². The molecule has 2 aliphatic rings. The van der Waals surface area contributed by atoms with Gasteiger partial charge in [-0.2, -0.15) is 30.7 Å². The molecular formula is C35H34F8N4O7. The molecule has 1 aromatic heterocycles. The van der Waals surface area contributed by atoms with Crippen molar-refractivity contribution in [2.24, 2.45) is 5.92 Å². The Morgan fingerprint density at radius 1 is 1.04 bits per heavy atom. The van der Waals surface area contributed by atoms with Gasteiger partial charge in [-0.1, -0.05) is 12.1 Å². The highest BCUT2D eigenvalue weighted by molar-refractivity contribution is 6.24. The number of ether oxygens (including phenoxy) is 2. The molecule has 0 bridgehead atoms. The van der Waals surface area contributed by atoms with E-state index in [1.54, 1.807) is 0 Å². The van der Waals surface area contributed by atoms with Crippen LogP contribution in [-0.2, 0) is 38.0 Å². The number of carbonyl (C=O) groups excluding carboxylic acids is 3. The first-order valence-electron chi connectivity index (χ1n) is 16.5. The number of ketones is 1. The van der Waals surface area contributed by atoms with Crippen molar-refractivity contribution in [3.8, 4) is 16.9 Å². The molecule has 3 N–H and O–H groups in total. The summed E-state index contributed by atoms with van der Waals surface area (Å²) in [6.45, 7) is 0.328. The molecule has 54 heavy (non-hydrogen) atoms. The van der Waals surface area contributed by atoms with Crippen LogP contribution in [0.5, 0.6) is 5.75 Å². The standard InChI is InChI=1S/C35H34F8N4O7/c1-33-10-2-11-47(33)46(16-20-4-8-25(29(37)28(20)36)54-13-3-12-53-18-22(49)17-48)32(52)27(30(33)50)31(51)45-24-7-6-21(34(38,39)40)14-23(24)19-5-9-26(44-15-19)35(41,42)43/h4-9,14-15,22,27,48-49H,2-3,10-13,16-18H2,1H3,(H,45,51)/t22-,27?,33-/m1/s1. The summed E-state index contributed by atoms with van der Waals surface area (Å²) >= 11 is 0. The number of carbonyl (C=O) groups is 3. The predicted octanol–water partition coefficient (Wildman–Crippen LogP) is 5.14. The minimum Gasteiger partial charge on any atom is -0.490 e. The number of alkyl halides is 6. The van der Waals surface area contributed by atoms with E-state index in [1.165, 1.54) is 11.9 Å². The predicted molar refractivity (Wildman–Crippen MR) is 172 cm³/mol. The van der Waals surface area contributed by atoms with Gasteiger partial charge in [-0.05, 0) is 50.1 Å². The Balaban J connectivity index is 1.38. The van der Waals surface area contributed by atoms with Crippen molar-refractivity contribution in [1.82, 2.24) is 15.0 Å². The smallest absolute Gasteiger partial charge is 0.433 e. The van der Waals surface area contributed by atoms with Gasteiger partial charge in [-0.25, -0.2) is 9.40 Å². The number of Topliss-reactive ketones (excluding diaryl/α,β-unsaturated/α-hetero) is 1. The topological polar surface area (TPSA) is 142 Å². The van der Waals surface area contributed by atoms with Crippen LogP contribution in [0.3, 0.4) is 0 Å². The minimum atomic E-state index is -4.90. The lowest BCUT2D eigenvalue weighted by atomic mass is 9.82. The number of aromatic nitrogens is 1. The molecule has 2 aliphatic heterocycles. The van der Waals surface area contributed by atoms with E-state index < -0.39 is 94.9 Å². The average molecular weight is 775 g/mol. The third-order valence-electron chi connectivity index (χ3n) is 9.08. The lowest BCUT2D eigenvalue weighted by Gasteiger charge is -2.47. The highest BCUT2D eigenvalue weighted by atomic mass is 19.4. The van der Waals surface area contributed by atoms with Crippen LogP contribution >= 0.6 is 0 Å². The molecular weight excluding hydrogens is 740 g/mol. The number of pyridine rings is 1. The third-order valence-corrected chi connectivity index (χ3v) is 9.08.